The standard InChI is InChI=1S/C18H19FN4OS2/c1-24-11-10-23-17(14-6-8-20-9-7-14)21-22-18(23)26-13-12-25-16-4-2-15(19)3-5-16/h2-9H,10-13H2,1H3. The number of pyridine rings is 1. The van der Waals surface area contributed by atoms with Crippen molar-refractivity contribution in [3.8, 4) is 11.4 Å². The number of rotatable bonds is 9. The molecule has 0 aliphatic heterocycles. The van der Waals surface area contributed by atoms with Crippen LogP contribution in [0.15, 0.2) is 58.8 Å². The number of ether oxygens (including phenoxy) is 1. The van der Waals surface area contributed by atoms with Crippen molar-refractivity contribution in [3.05, 3.63) is 54.6 Å². The Bertz CT molecular complexity index is 812. The van der Waals surface area contributed by atoms with Crippen molar-refractivity contribution < 1.29 is 9.13 Å². The molecule has 2 aromatic heterocycles. The lowest BCUT2D eigenvalue weighted by Crippen LogP contribution is -2.08. The molecule has 136 valence electrons. The normalized spacial score (nSPS) is 11.0. The molecule has 0 amide bonds. The lowest BCUT2D eigenvalue weighted by Gasteiger charge is -2.09. The zero-order valence-electron chi connectivity index (χ0n) is 14.3. The summed E-state index contributed by atoms with van der Waals surface area (Å²) in [5.74, 6) is 2.39. The third kappa shape index (κ3) is 5.06. The SMILES string of the molecule is COCCn1c(SCCSc2ccc(F)cc2)nnc1-c1ccncc1. The Balaban J connectivity index is 1.63. The van der Waals surface area contributed by atoms with Crippen LogP contribution in [0.3, 0.4) is 0 Å². The van der Waals surface area contributed by atoms with Gasteiger partial charge in [0.15, 0.2) is 11.0 Å². The van der Waals surface area contributed by atoms with Crippen LogP contribution in [0.1, 0.15) is 0 Å². The fourth-order valence-electron chi connectivity index (χ4n) is 2.32. The molecule has 0 saturated carbocycles. The van der Waals surface area contributed by atoms with E-state index < -0.39 is 0 Å². The number of benzene rings is 1. The first-order chi connectivity index (χ1) is 12.8. The van der Waals surface area contributed by atoms with Gasteiger partial charge in [0.1, 0.15) is 5.82 Å². The Hall–Kier alpha value is -1.90. The fraction of sp³-hybridized carbons (Fsp3) is 0.278. The molecule has 2 heterocycles. The Kier molecular flexibility index (Phi) is 7.04. The summed E-state index contributed by atoms with van der Waals surface area (Å²) in [6, 6.07) is 10.4. The van der Waals surface area contributed by atoms with E-state index in [0.717, 1.165) is 32.9 Å². The molecule has 0 bridgehead atoms. The van der Waals surface area contributed by atoms with Gasteiger partial charge in [-0.25, -0.2) is 4.39 Å². The van der Waals surface area contributed by atoms with Gasteiger partial charge in [-0.15, -0.1) is 22.0 Å². The molecule has 3 rings (SSSR count). The first-order valence-electron chi connectivity index (χ1n) is 8.11. The van der Waals surface area contributed by atoms with Crippen LogP contribution in [-0.4, -0.2) is 45.0 Å². The van der Waals surface area contributed by atoms with Crippen LogP contribution >= 0.6 is 23.5 Å². The van der Waals surface area contributed by atoms with E-state index in [-0.39, 0.29) is 5.82 Å². The molecule has 0 aliphatic carbocycles. The molecule has 0 atom stereocenters. The first-order valence-corrected chi connectivity index (χ1v) is 10.1. The molecule has 3 aromatic rings. The number of nitrogens with zero attached hydrogens (tertiary/aromatic N) is 4. The minimum absolute atomic E-state index is 0.210. The number of methoxy groups -OCH3 is 1. The van der Waals surface area contributed by atoms with Gasteiger partial charge in [0.2, 0.25) is 0 Å². The zero-order chi connectivity index (χ0) is 18.2. The van der Waals surface area contributed by atoms with Crippen molar-refractivity contribution in [2.45, 2.75) is 16.6 Å². The smallest absolute Gasteiger partial charge is 0.191 e. The highest BCUT2D eigenvalue weighted by Crippen LogP contribution is 2.26. The minimum atomic E-state index is -0.210. The molecule has 0 saturated heterocycles. The van der Waals surface area contributed by atoms with E-state index in [4.69, 9.17) is 4.74 Å². The van der Waals surface area contributed by atoms with E-state index in [1.165, 1.54) is 12.1 Å². The Morgan fingerprint density at radius 1 is 1.00 bits per heavy atom. The molecule has 8 heteroatoms. The molecule has 0 aliphatic rings. The maximum Gasteiger partial charge on any atom is 0.191 e. The van der Waals surface area contributed by atoms with Crippen LogP contribution in [0.5, 0.6) is 0 Å². The van der Waals surface area contributed by atoms with Gasteiger partial charge < -0.3 is 4.74 Å². The summed E-state index contributed by atoms with van der Waals surface area (Å²) in [4.78, 5) is 5.11. The van der Waals surface area contributed by atoms with E-state index in [1.807, 2.05) is 12.1 Å². The van der Waals surface area contributed by atoms with Crippen LogP contribution in [0, 0.1) is 5.82 Å². The van der Waals surface area contributed by atoms with Crippen LogP contribution in [0.4, 0.5) is 4.39 Å². The molecular formula is C18H19FN4OS2. The van der Waals surface area contributed by atoms with Gasteiger partial charge in [-0.3, -0.25) is 9.55 Å². The van der Waals surface area contributed by atoms with Gasteiger partial charge in [0.05, 0.1) is 13.2 Å². The van der Waals surface area contributed by atoms with Crippen molar-refractivity contribution >= 4 is 23.5 Å². The highest BCUT2D eigenvalue weighted by molar-refractivity contribution is 8.02. The average molecular weight is 391 g/mol. The zero-order valence-corrected chi connectivity index (χ0v) is 16.0. The summed E-state index contributed by atoms with van der Waals surface area (Å²) < 4.78 is 20.2. The van der Waals surface area contributed by atoms with Gasteiger partial charge in [0, 0.05) is 41.5 Å². The molecule has 26 heavy (non-hydrogen) atoms. The van der Waals surface area contributed by atoms with Crippen LogP contribution in [-0.2, 0) is 11.3 Å². The molecule has 0 unspecified atom stereocenters. The first kappa shape index (κ1) is 18.9. The molecule has 0 N–H and O–H groups in total. The van der Waals surface area contributed by atoms with Crippen molar-refractivity contribution in [3.63, 3.8) is 0 Å². The highest BCUT2D eigenvalue weighted by atomic mass is 32.2. The number of thioether (sulfide) groups is 2. The second-order valence-corrected chi connectivity index (χ2v) is 7.57. The van der Waals surface area contributed by atoms with Crippen molar-refractivity contribution in [2.24, 2.45) is 0 Å². The van der Waals surface area contributed by atoms with E-state index >= 15 is 0 Å². The van der Waals surface area contributed by atoms with E-state index in [1.54, 1.807) is 55.2 Å². The topological polar surface area (TPSA) is 52.8 Å². The monoisotopic (exact) mass is 390 g/mol. The maximum atomic E-state index is 12.9. The maximum absolute atomic E-state index is 12.9. The lowest BCUT2D eigenvalue weighted by atomic mass is 10.2. The second kappa shape index (κ2) is 9.70. The third-order valence-corrected chi connectivity index (χ3v) is 5.81. The summed E-state index contributed by atoms with van der Waals surface area (Å²) in [7, 11) is 1.68. The summed E-state index contributed by atoms with van der Waals surface area (Å²) in [5, 5.41) is 9.56. The third-order valence-electron chi connectivity index (χ3n) is 3.57. The molecule has 0 spiro atoms. The Labute approximate surface area is 160 Å². The second-order valence-electron chi connectivity index (χ2n) is 5.34. The van der Waals surface area contributed by atoms with Gasteiger partial charge in [0.25, 0.3) is 0 Å². The van der Waals surface area contributed by atoms with Crippen LogP contribution in [0.25, 0.3) is 11.4 Å². The van der Waals surface area contributed by atoms with Crippen molar-refractivity contribution in [2.75, 3.05) is 25.2 Å². The van der Waals surface area contributed by atoms with Crippen molar-refractivity contribution in [1.82, 2.24) is 19.7 Å². The summed E-state index contributed by atoms with van der Waals surface area (Å²) in [5.41, 5.74) is 0.983. The molecule has 0 fully saturated rings. The number of halogens is 1. The van der Waals surface area contributed by atoms with Gasteiger partial charge >= 0.3 is 0 Å². The quantitative estimate of drug-likeness (QED) is 0.406. The Morgan fingerprint density at radius 3 is 2.46 bits per heavy atom. The largest absolute Gasteiger partial charge is 0.383 e. The predicted molar refractivity (Wildman–Crippen MR) is 103 cm³/mol. The molecule has 0 radical (unpaired) electrons. The van der Waals surface area contributed by atoms with Crippen LogP contribution in [0.2, 0.25) is 0 Å². The predicted octanol–water partition coefficient (Wildman–Crippen LogP) is 4.01. The van der Waals surface area contributed by atoms with E-state index in [0.29, 0.717) is 13.2 Å². The highest BCUT2D eigenvalue weighted by Gasteiger charge is 2.14. The average Bonchev–Trinajstić information content (AvgIpc) is 3.08. The van der Waals surface area contributed by atoms with Gasteiger partial charge in [-0.1, -0.05) is 11.8 Å². The molecular weight excluding hydrogens is 371 g/mol. The van der Waals surface area contributed by atoms with Crippen LogP contribution < -0.4 is 0 Å². The van der Waals surface area contributed by atoms with Gasteiger partial charge in [-0.2, -0.15) is 0 Å². The minimum Gasteiger partial charge on any atom is -0.383 e. The fourth-order valence-corrected chi connectivity index (χ4v) is 4.16. The van der Waals surface area contributed by atoms with E-state index in [9.17, 15) is 4.39 Å². The molecule has 1 aromatic carbocycles. The van der Waals surface area contributed by atoms with Crippen molar-refractivity contribution in [1.29, 1.82) is 0 Å². The summed E-state index contributed by atoms with van der Waals surface area (Å²) in [6.45, 7) is 1.28. The number of aromatic nitrogens is 4. The number of hydrogen-bond acceptors (Lipinski definition) is 6. The summed E-state index contributed by atoms with van der Waals surface area (Å²) in [6.07, 6.45) is 3.49. The Morgan fingerprint density at radius 2 is 1.73 bits per heavy atom. The van der Waals surface area contributed by atoms with Gasteiger partial charge in [-0.05, 0) is 36.4 Å². The lowest BCUT2D eigenvalue weighted by molar-refractivity contribution is 0.185. The number of hydrogen-bond donors (Lipinski definition) is 0. The molecule has 5 nitrogen and oxygen atoms in total. The summed E-state index contributed by atoms with van der Waals surface area (Å²) >= 11 is 3.36. The van der Waals surface area contributed by atoms with E-state index in [2.05, 4.69) is 19.7 Å².